The molecule has 0 aliphatic heterocycles. The van der Waals surface area contributed by atoms with E-state index in [0.29, 0.717) is 0 Å². The number of amides is 2. The lowest BCUT2D eigenvalue weighted by molar-refractivity contribution is -0.136. The van der Waals surface area contributed by atoms with Crippen LogP contribution >= 0.6 is 0 Å². The number of nitrogens with one attached hydrogen (secondary N) is 1. The molecule has 1 aliphatic rings. The van der Waals surface area contributed by atoms with Gasteiger partial charge in [-0.25, -0.2) is 0 Å². The summed E-state index contributed by atoms with van der Waals surface area (Å²) < 4.78 is 5.30. The minimum absolute atomic E-state index is 0.128. The van der Waals surface area contributed by atoms with Crippen molar-refractivity contribution in [3.63, 3.8) is 0 Å². The first-order valence-electron chi connectivity index (χ1n) is 7.81. The van der Waals surface area contributed by atoms with Crippen LogP contribution in [0.5, 0.6) is 0 Å². The summed E-state index contributed by atoms with van der Waals surface area (Å²) >= 11 is 0. The topological polar surface area (TPSA) is 81.4 Å². The molecule has 3 N–H and O–H groups in total. The quantitative estimate of drug-likeness (QED) is 0.842. The molecule has 0 radical (unpaired) electrons. The van der Waals surface area contributed by atoms with Gasteiger partial charge in [0.1, 0.15) is 6.04 Å². The maximum absolute atomic E-state index is 12.5. The first kappa shape index (κ1) is 16.5. The van der Waals surface area contributed by atoms with E-state index in [1.54, 1.807) is 0 Å². The van der Waals surface area contributed by atoms with Gasteiger partial charge in [0.05, 0.1) is 0 Å². The van der Waals surface area contributed by atoms with Gasteiger partial charge in [0.25, 0.3) is 5.91 Å². The van der Waals surface area contributed by atoms with Crippen molar-refractivity contribution in [2.24, 2.45) is 11.7 Å². The standard InChI is InChI=1S/C17H24N2O3/c1-22-15(13-10-6-3-7-11-13)17(21)19-14(16(18)20)12-8-4-2-5-9-12/h3,6-7,10-12,14-15H,2,4-5,8-9H2,1H3,(H2,18,20)(H,19,21)/t14-,15-/m0/s1. The second kappa shape index (κ2) is 7.94. The van der Waals surface area contributed by atoms with E-state index in [0.717, 1.165) is 31.2 Å². The molecule has 0 saturated heterocycles. The van der Waals surface area contributed by atoms with Crippen molar-refractivity contribution in [2.45, 2.75) is 44.2 Å². The average molecular weight is 304 g/mol. The Bertz CT molecular complexity index is 498. The predicted molar refractivity (Wildman–Crippen MR) is 83.9 cm³/mol. The molecule has 1 saturated carbocycles. The van der Waals surface area contributed by atoms with Crippen molar-refractivity contribution in [1.82, 2.24) is 5.32 Å². The Morgan fingerprint density at radius 2 is 1.82 bits per heavy atom. The van der Waals surface area contributed by atoms with E-state index in [1.807, 2.05) is 30.3 Å². The number of rotatable bonds is 6. The number of carbonyl (C=O) groups excluding carboxylic acids is 2. The molecule has 22 heavy (non-hydrogen) atoms. The number of primary amides is 1. The molecule has 1 aromatic carbocycles. The summed E-state index contributed by atoms with van der Waals surface area (Å²) in [6, 6.07) is 8.61. The lowest BCUT2D eigenvalue weighted by Gasteiger charge is -2.29. The number of nitrogens with two attached hydrogens (primary N) is 1. The van der Waals surface area contributed by atoms with Gasteiger partial charge in [-0.3, -0.25) is 9.59 Å². The Balaban J connectivity index is 2.07. The van der Waals surface area contributed by atoms with Crippen LogP contribution in [0.25, 0.3) is 0 Å². The molecule has 5 nitrogen and oxygen atoms in total. The van der Waals surface area contributed by atoms with Crippen molar-refractivity contribution in [3.8, 4) is 0 Å². The Morgan fingerprint density at radius 1 is 1.18 bits per heavy atom. The fourth-order valence-electron chi connectivity index (χ4n) is 3.14. The maximum Gasteiger partial charge on any atom is 0.254 e. The van der Waals surface area contributed by atoms with Crippen molar-refractivity contribution in [1.29, 1.82) is 0 Å². The third kappa shape index (κ3) is 4.07. The summed E-state index contributed by atoms with van der Waals surface area (Å²) in [6.07, 6.45) is 4.47. The first-order chi connectivity index (χ1) is 10.6. The SMILES string of the molecule is CO[C@H](C(=O)N[C@H](C(N)=O)C1CCCCC1)c1ccccc1. The summed E-state index contributed by atoms with van der Waals surface area (Å²) in [5.41, 5.74) is 6.26. The summed E-state index contributed by atoms with van der Waals surface area (Å²) in [6.45, 7) is 0. The van der Waals surface area contributed by atoms with Crippen LogP contribution in [-0.2, 0) is 14.3 Å². The van der Waals surface area contributed by atoms with Crippen LogP contribution in [-0.4, -0.2) is 25.0 Å². The van der Waals surface area contributed by atoms with Crippen LogP contribution in [0.15, 0.2) is 30.3 Å². The van der Waals surface area contributed by atoms with Gasteiger partial charge in [-0.1, -0.05) is 49.6 Å². The smallest absolute Gasteiger partial charge is 0.254 e. The maximum atomic E-state index is 12.5. The fourth-order valence-corrected chi connectivity index (χ4v) is 3.14. The Kier molecular flexibility index (Phi) is 5.95. The van der Waals surface area contributed by atoms with E-state index >= 15 is 0 Å². The van der Waals surface area contributed by atoms with Gasteiger partial charge in [-0.05, 0) is 24.3 Å². The summed E-state index contributed by atoms with van der Waals surface area (Å²) in [5.74, 6) is -0.658. The van der Waals surface area contributed by atoms with Crippen LogP contribution in [0.4, 0.5) is 0 Å². The fraction of sp³-hybridized carbons (Fsp3) is 0.529. The van der Waals surface area contributed by atoms with Crippen LogP contribution in [0.2, 0.25) is 0 Å². The van der Waals surface area contributed by atoms with E-state index in [9.17, 15) is 9.59 Å². The highest BCUT2D eigenvalue weighted by Gasteiger charge is 2.31. The van der Waals surface area contributed by atoms with Gasteiger partial charge < -0.3 is 15.8 Å². The van der Waals surface area contributed by atoms with Gasteiger partial charge in [-0.2, -0.15) is 0 Å². The number of hydrogen-bond acceptors (Lipinski definition) is 3. The monoisotopic (exact) mass is 304 g/mol. The highest BCUT2D eigenvalue weighted by atomic mass is 16.5. The summed E-state index contributed by atoms with van der Waals surface area (Å²) in [4.78, 5) is 24.2. The van der Waals surface area contributed by atoms with E-state index < -0.39 is 18.1 Å². The van der Waals surface area contributed by atoms with Crippen molar-refractivity contribution < 1.29 is 14.3 Å². The molecule has 2 rings (SSSR count). The molecule has 0 aromatic heterocycles. The van der Waals surface area contributed by atoms with E-state index in [1.165, 1.54) is 13.5 Å². The van der Waals surface area contributed by atoms with Crippen molar-refractivity contribution >= 4 is 11.8 Å². The molecule has 0 spiro atoms. The second-order valence-electron chi connectivity index (χ2n) is 5.81. The molecule has 1 fully saturated rings. The Morgan fingerprint density at radius 3 is 2.36 bits per heavy atom. The molecule has 1 aliphatic carbocycles. The average Bonchev–Trinajstić information content (AvgIpc) is 2.55. The van der Waals surface area contributed by atoms with Crippen molar-refractivity contribution in [2.75, 3.05) is 7.11 Å². The lowest BCUT2D eigenvalue weighted by Crippen LogP contribution is -2.51. The molecule has 0 unspecified atom stereocenters. The normalized spacial score (nSPS) is 18.4. The van der Waals surface area contributed by atoms with Gasteiger partial charge in [0, 0.05) is 7.11 Å². The van der Waals surface area contributed by atoms with E-state index in [2.05, 4.69) is 5.32 Å². The molecule has 120 valence electrons. The molecule has 2 amide bonds. The molecular weight excluding hydrogens is 280 g/mol. The molecule has 1 aromatic rings. The zero-order valence-electron chi connectivity index (χ0n) is 13.0. The predicted octanol–water partition coefficient (Wildman–Crippen LogP) is 1.92. The van der Waals surface area contributed by atoms with Crippen LogP contribution < -0.4 is 11.1 Å². The highest BCUT2D eigenvalue weighted by Crippen LogP contribution is 2.27. The first-order valence-corrected chi connectivity index (χ1v) is 7.81. The number of benzene rings is 1. The van der Waals surface area contributed by atoms with Gasteiger partial charge in [-0.15, -0.1) is 0 Å². The highest BCUT2D eigenvalue weighted by molar-refractivity contribution is 5.89. The number of hydrogen-bond donors (Lipinski definition) is 2. The second-order valence-corrected chi connectivity index (χ2v) is 5.81. The largest absolute Gasteiger partial charge is 0.368 e. The van der Waals surface area contributed by atoms with Crippen molar-refractivity contribution in [3.05, 3.63) is 35.9 Å². The lowest BCUT2D eigenvalue weighted by atomic mass is 9.83. The molecule has 2 atom stereocenters. The summed E-state index contributed by atoms with van der Waals surface area (Å²) in [7, 11) is 1.48. The van der Waals surface area contributed by atoms with E-state index in [4.69, 9.17) is 10.5 Å². The third-order valence-corrected chi connectivity index (χ3v) is 4.30. The zero-order chi connectivity index (χ0) is 15.9. The zero-order valence-corrected chi connectivity index (χ0v) is 13.0. The number of carbonyl (C=O) groups is 2. The minimum Gasteiger partial charge on any atom is -0.368 e. The summed E-state index contributed by atoms with van der Waals surface area (Å²) in [5, 5.41) is 2.80. The molecule has 0 heterocycles. The molecule has 0 bridgehead atoms. The van der Waals surface area contributed by atoms with Crippen LogP contribution in [0.1, 0.15) is 43.8 Å². The van der Waals surface area contributed by atoms with Gasteiger partial charge >= 0.3 is 0 Å². The van der Waals surface area contributed by atoms with Gasteiger partial charge in [0.2, 0.25) is 5.91 Å². The minimum atomic E-state index is -0.730. The molecular formula is C17H24N2O3. The molecule has 5 heteroatoms. The third-order valence-electron chi connectivity index (χ3n) is 4.30. The van der Waals surface area contributed by atoms with Gasteiger partial charge in [0.15, 0.2) is 6.10 Å². The Hall–Kier alpha value is -1.88. The Labute approximate surface area is 131 Å². The van der Waals surface area contributed by atoms with E-state index in [-0.39, 0.29) is 11.8 Å². The number of ether oxygens (including phenoxy) is 1. The number of methoxy groups -OCH3 is 1. The van der Waals surface area contributed by atoms with Crippen LogP contribution in [0, 0.1) is 5.92 Å². The van der Waals surface area contributed by atoms with Crippen LogP contribution in [0.3, 0.4) is 0 Å².